The molecular formula is C18H17ClN4O2S. The minimum atomic E-state index is -0.247. The topological polar surface area (TPSA) is 67.4 Å². The second-order valence-electron chi connectivity index (χ2n) is 6.16. The van der Waals surface area contributed by atoms with E-state index in [9.17, 15) is 4.79 Å². The quantitative estimate of drug-likeness (QED) is 0.742. The number of anilines is 1. The van der Waals surface area contributed by atoms with Gasteiger partial charge in [-0.1, -0.05) is 11.6 Å². The van der Waals surface area contributed by atoms with Crippen molar-refractivity contribution in [3.05, 3.63) is 46.1 Å². The van der Waals surface area contributed by atoms with Gasteiger partial charge in [0.25, 0.3) is 5.91 Å². The molecule has 1 aromatic carbocycles. The first kappa shape index (κ1) is 17.2. The molecule has 0 aliphatic carbocycles. The number of nitrogens with one attached hydrogen (secondary N) is 1. The number of thiazole rings is 1. The molecule has 1 aliphatic heterocycles. The number of ether oxygens (including phenoxy) is 1. The number of aromatic nitrogens is 2. The van der Waals surface area contributed by atoms with E-state index in [1.807, 2.05) is 12.1 Å². The van der Waals surface area contributed by atoms with Crippen LogP contribution in [0.3, 0.4) is 0 Å². The van der Waals surface area contributed by atoms with Crippen LogP contribution in [0, 0.1) is 0 Å². The van der Waals surface area contributed by atoms with E-state index in [4.69, 9.17) is 16.3 Å². The maximum Gasteiger partial charge on any atom is 0.264 e. The van der Waals surface area contributed by atoms with E-state index >= 15 is 0 Å². The number of fused-ring (bicyclic) bond motifs is 2. The Balaban J connectivity index is 1.43. The van der Waals surface area contributed by atoms with Crippen LogP contribution < -0.4 is 10.1 Å². The number of likely N-dealkylation sites (N-methyl/N-ethyl adjacent to an activating group) is 1. The molecule has 3 aromatic rings. The fourth-order valence-electron chi connectivity index (χ4n) is 2.90. The molecule has 0 radical (unpaired) electrons. The van der Waals surface area contributed by atoms with Gasteiger partial charge in [0.1, 0.15) is 11.3 Å². The van der Waals surface area contributed by atoms with Crippen molar-refractivity contribution >= 4 is 44.9 Å². The number of amides is 1. The van der Waals surface area contributed by atoms with Gasteiger partial charge < -0.3 is 9.64 Å². The van der Waals surface area contributed by atoms with Crippen molar-refractivity contribution in [2.75, 3.05) is 25.5 Å². The third-order valence-corrected chi connectivity index (χ3v) is 5.53. The van der Waals surface area contributed by atoms with Crippen molar-refractivity contribution in [3.8, 4) is 5.75 Å². The lowest BCUT2D eigenvalue weighted by Gasteiger charge is -2.20. The van der Waals surface area contributed by atoms with E-state index in [1.165, 1.54) is 16.2 Å². The fraction of sp³-hybridized carbons (Fsp3) is 0.278. The van der Waals surface area contributed by atoms with Crippen LogP contribution in [0.5, 0.6) is 5.75 Å². The Morgan fingerprint density at radius 1 is 1.42 bits per heavy atom. The average molecular weight is 389 g/mol. The van der Waals surface area contributed by atoms with Gasteiger partial charge in [0, 0.05) is 36.0 Å². The highest BCUT2D eigenvalue weighted by Gasteiger charge is 2.19. The number of rotatable bonds is 4. The number of benzene rings is 1. The molecule has 0 spiro atoms. The third-order valence-electron chi connectivity index (χ3n) is 4.21. The first-order valence-electron chi connectivity index (χ1n) is 8.23. The van der Waals surface area contributed by atoms with Gasteiger partial charge >= 0.3 is 0 Å². The highest BCUT2D eigenvalue weighted by Crippen LogP contribution is 2.30. The van der Waals surface area contributed by atoms with Gasteiger partial charge in [-0.05, 0) is 31.3 Å². The Bertz CT molecular complexity index is 975. The fourth-order valence-corrected chi connectivity index (χ4v) is 4.22. The Morgan fingerprint density at radius 2 is 2.31 bits per heavy atom. The van der Waals surface area contributed by atoms with E-state index in [-0.39, 0.29) is 12.5 Å². The lowest BCUT2D eigenvalue weighted by molar-refractivity contribution is -0.118. The molecule has 6 nitrogen and oxygen atoms in total. The molecule has 1 amide bonds. The van der Waals surface area contributed by atoms with Crippen LogP contribution in [0.2, 0.25) is 5.02 Å². The van der Waals surface area contributed by atoms with Crippen LogP contribution in [0.1, 0.15) is 10.6 Å². The Morgan fingerprint density at radius 3 is 3.19 bits per heavy atom. The molecule has 26 heavy (non-hydrogen) atoms. The maximum atomic E-state index is 12.2. The number of hydrogen-bond acceptors (Lipinski definition) is 6. The molecule has 134 valence electrons. The zero-order valence-electron chi connectivity index (χ0n) is 14.2. The zero-order valence-corrected chi connectivity index (χ0v) is 15.7. The monoisotopic (exact) mass is 388 g/mol. The van der Waals surface area contributed by atoms with Crippen LogP contribution in [-0.4, -0.2) is 41.0 Å². The Hall–Kier alpha value is -2.22. The molecule has 0 atom stereocenters. The number of halogens is 1. The summed E-state index contributed by atoms with van der Waals surface area (Å²) >= 11 is 7.70. The summed E-state index contributed by atoms with van der Waals surface area (Å²) in [4.78, 5) is 24.5. The van der Waals surface area contributed by atoms with E-state index in [0.29, 0.717) is 21.4 Å². The van der Waals surface area contributed by atoms with E-state index < -0.39 is 0 Å². The minimum Gasteiger partial charge on any atom is -0.481 e. The highest BCUT2D eigenvalue weighted by molar-refractivity contribution is 7.15. The van der Waals surface area contributed by atoms with Crippen LogP contribution in [-0.2, 0) is 17.8 Å². The van der Waals surface area contributed by atoms with E-state index in [0.717, 1.165) is 30.6 Å². The number of nitrogens with zero attached hydrogens (tertiary/aromatic N) is 3. The zero-order chi connectivity index (χ0) is 18.1. The standard InChI is InChI=1S/C18H17ClN4O2S/c1-23-8-6-13-15(9-23)26-18(21-13)22-16(24)10-25-14-5-4-12(19)11-3-2-7-20-17(11)14/h2-5,7H,6,8-10H2,1H3,(H,21,22,24). The van der Waals surface area contributed by atoms with Crippen molar-refractivity contribution in [1.29, 1.82) is 0 Å². The molecule has 0 fully saturated rings. The molecule has 0 bridgehead atoms. The first-order chi connectivity index (χ1) is 12.6. The van der Waals surface area contributed by atoms with E-state index in [1.54, 1.807) is 18.3 Å². The molecule has 8 heteroatoms. The molecule has 0 saturated carbocycles. The second-order valence-corrected chi connectivity index (χ2v) is 7.65. The SMILES string of the molecule is CN1CCc2nc(NC(=O)COc3ccc(Cl)c4cccnc34)sc2C1. The highest BCUT2D eigenvalue weighted by atomic mass is 35.5. The maximum absolute atomic E-state index is 12.2. The number of carbonyl (C=O) groups is 1. The van der Waals surface area contributed by atoms with Crippen molar-refractivity contribution in [1.82, 2.24) is 14.9 Å². The average Bonchev–Trinajstić information content (AvgIpc) is 3.02. The predicted molar refractivity (Wildman–Crippen MR) is 103 cm³/mol. The summed E-state index contributed by atoms with van der Waals surface area (Å²) in [5.74, 6) is 0.281. The summed E-state index contributed by atoms with van der Waals surface area (Å²) in [6, 6.07) is 7.15. The van der Waals surface area contributed by atoms with Crippen molar-refractivity contribution in [3.63, 3.8) is 0 Å². The van der Waals surface area contributed by atoms with Gasteiger partial charge in [-0.2, -0.15) is 0 Å². The first-order valence-corrected chi connectivity index (χ1v) is 9.42. The molecular weight excluding hydrogens is 372 g/mol. The number of pyridine rings is 1. The van der Waals surface area contributed by atoms with Gasteiger partial charge in [-0.25, -0.2) is 4.98 Å². The second kappa shape index (κ2) is 7.19. The summed E-state index contributed by atoms with van der Waals surface area (Å²) in [5, 5.41) is 4.84. The number of hydrogen-bond donors (Lipinski definition) is 1. The van der Waals surface area contributed by atoms with Gasteiger partial charge in [0.15, 0.2) is 11.7 Å². The molecule has 1 aliphatic rings. The molecule has 2 aromatic heterocycles. The van der Waals surface area contributed by atoms with Crippen LogP contribution in [0.15, 0.2) is 30.5 Å². The van der Waals surface area contributed by atoms with Crippen molar-refractivity contribution < 1.29 is 9.53 Å². The molecule has 4 rings (SSSR count). The largest absolute Gasteiger partial charge is 0.481 e. The van der Waals surface area contributed by atoms with Crippen molar-refractivity contribution in [2.24, 2.45) is 0 Å². The van der Waals surface area contributed by atoms with Crippen LogP contribution in [0.4, 0.5) is 5.13 Å². The Labute approximate surface area is 159 Å². The van der Waals surface area contributed by atoms with Gasteiger partial charge in [0.05, 0.1) is 10.7 Å². The summed E-state index contributed by atoms with van der Waals surface area (Å²) in [6.45, 7) is 1.75. The lowest BCUT2D eigenvalue weighted by atomic mass is 10.2. The predicted octanol–water partition coefficient (Wildman–Crippen LogP) is 3.35. The molecule has 0 saturated heterocycles. The molecule has 1 N–H and O–H groups in total. The van der Waals surface area contributed by atoms with Gasteiger partial charge in [-0.15, -0.1) is 11.3 Å². The Kier molecular flexibility index (Phi) is 4.76. The summed E-state index contributed by atoms with van der Waals surface area (Å²) < 4.78 is 5.66. The van der Waals surface area contributed by atoms with Crippen molar-refractivity contribution in [2.45, 2.75) is 13.0 Å². The number of carbonyl (C=O) groups excluding carboxylic acids is 1. The normalized spacial score (nSPS) is 14.2. The summed E-state index contributed by atoms with van der Waals surface area (Å²) in [5.41, 5.74) is 1.72. The van der Waals surface area contributed by atoms with Crippen LogP contribution in [0.25, 0.3) is 10.9 Å². The summed E-state index contributed by atoms with van der Waals surface area (Å²) in [7, 11) is 2.08. The van der Waals surface area contributed by atoms with E-state index in [2.05, 4.69) is 27.2 Å². The van der Waals surface area contributed by atoms with Gasteiger partial charge in [-0.3, -0.25) is 15.1 Å². The van der Waals surface area contributed by atoms with Crippen LogP contribution >= 0.6 is 22.9 Å². The smallest absolute Gasteiger partial charge is 0.264 e. The molecule has 0 unspecified atom stereocenters. The minimum absolute atomic E-state index is 0.114. The van der Waals surface area contributed by atoms with Gasteiger partial charge in [0.2, 0.25) is 0 Å². The molecule has 3 heterocycles. The lowest BCUT2D eigenvalue weighted by Crippen LogP contribution is -2.25. The third kappa shape index (κ3) is 3.51. The summed E-state index contributed by atoms with van der Waals surface area (Å²) in [6.07, 6.45) is 2.58.